The Morgan fingerprint density at radius 1 is 1.00 bits per heavy atom. The summed E-state index contributed by atoms with van der Waals surface area (Å²) in [5.41, 5.74) is 3.67. The van der Waals surface area contributed by atoms with Crippen molar-refractivity contribution in [3.63, 3.8) is 0 Å². The van der Waals surface area contributed by atoms with Gasteiger partial charge in [-0.05, 0) is 66.8 Å². The monoisotopic (exact) mass is 568 g/mol. The van der Waals surface area contributed by atoms with Gasteiger partial charge in [-0.3, -0.25) is 9.59 Å². The molecule has 0 aliphatic rings. The molecule has 0 spiro atoms. The molecule has 1 N–H and O–H groups in total. The van der Waals surface area contributed by atoms with E-state index in [-0.39, 0.29) is 30.8 Å². The van der Waals surface area contributed by atoms with Gasteiger partial charge in [-0.2, -0.15) is 0 Å². The Morgan fingerprint density at radius 2 is 1.65 bits per heavy atom. The van der Waals surface area contributed by atoms with Crippen molar-refractivity contribution in [2.24, 2.45) is 0 Å². The number of amides is 2. The first-order valence-electron chi connectivity index (χ1n) is 12.5. The second kappa shape index (κ2) is 13.9. The van der Waals surface area contributed by atoms with Gasteiger partial charge in [0, 0.05) is 24.0 Å². The molecule has 0 saturated carbocycles. The summed E-state index contributed by atoms with van der Waals surface area (Å²) in [4.78, 5) is 28.6. The lowest BCUT2D eigenvalue weighted by atomic mass is 10.0. The predicted octanol–water partition coefficient (Wildman–Crippen LogP) is 6.14. The van der Waals surface area contributed by atoms with Crippen molar-refractivity contribution in [2.45, 2.75) is 52.6 Å². The molecule has 0 fully saturated rings. The van der Waals surface area contributed by atoms with Gasteiger partial charge in [-0.25, -0.2) is 4.39 Å². The fourth-order valence-corrected chi connectivity index (χ4v) is 4.29. The highest BCUT2D eigenvalue weighted by atomic mass is 79.9. The van der Waals surface area contributed by atoms with Crippen LogP contribution in [0.15, 0.2) is 71.2 Å². The molecule has 3 rings (SSSR count). The summed E-state index contributed by atoms with van der Waals surface area (Å²) in [6.07, 6.45) is 2.14. The Bertz CT molecular complexity index is 1160. The van der Waals surface area contributed by atoms with Crippen LogP contribution in [0.3, 0.4) is 0 Å². The summed E-state index contributed by atoms with van der Waals surface area (Å²) in [6, 6.07) is 18.6. The molecule has 0 bridgehead atoms. The van der Waals surface area contributed by atoms with Crippen LogP contribution in [0.5, 0.6) is 5.75 Å². The molecule has 1 atom stereocenters. The third kappa shape index (κ3) is 8.42. The van der Waals surface area contributed by atoms with Crippen LogP contribution in [0.1, 0.15) is 42.0 Å². The quantitative estimate of drug-likeness (QED) is 0.267. The van der Waals surface area contributed by atoms with Crippen molar-refractivity contribution in [1.29, 1.82) is 0 Å². The second-order valence-electron chi connectivity index (χ2n) is 9.16. The minimum Gasteiger partial charge on any atom is -0.484 e. The standard InChI is InChI=1S/C30H34BrFN2O3/c1-4-5-15-33-30(36)27(18-23-9-7-6-8-10-23)34(19-24-11-13-25(32)14-12-24)28(35)20-37-26-16-21(2)29(31)22(3)17-26/h6-14,16-17,27H,4-5,15,18-20H2,1-3H3,(H,33,36). The van der Waals surface area contributed by atoms with Crippen LogP contribution in [-0.4, -0.2) is 35.9 Å². The van der Waals surface area contributed by atoms with Gasteiger partial charge in [0.05, 0.1) is 0 Å². The van der Waals surface area contributed by atoms with Gasteiger partial charge in [0.25, 0.3) is 5.91 Å². The first-order chi connectivity index (χ1) is 17.8. The molecule has 0 aliphatic carbocycles. The van der Waals surface area contributed by atoms with Gasteiger partial charge < -0.3 is 15.0 Å². The average molecular weight is 570 g/mol. The second-order valence-corrected chi connectivity index (χ2v) is 9.95. The number of ether oxygens (including phenoxy) is 1. The van der Waals surface area contributed by atoms with Crippen molar-refractivity contribution < 1.29 is 18.7 Å². The van der Waals surface area contributed by atoms with Gasteiger partial charge in [0.15, 0.2) is 6.61 Å². The van der Waals surface area contributed by atoms with Crippen LogP contribution in [0.2, 0.25) is 0 Å². The van der Waals surface area contributed by atoms with E-state index >= 15 is 0 Å². The Kier molecular flexibility index (Phi) is 10.7. The number of aryl methyl sites for hydroxylation is 2. The third-order valence-corrected chi connectivity index (χ3v) is 7.39. The van der Waals surface area contributed by atoms with E-state index < -0.39 is 6.04 Å². The normalized spacial score (nSPS) is 11.6. The molecule has 0 heterocycles. The zero-order chi connectivity index (χ0) is 26.8. The Balaban J connectivity index is 1.89. The summed E-state index contributed by atoms with van der Waals surface area (Å²) in [5, 5.41) is 2.99. The number of hydrogen-bond acceptors (Lipinski definition) is 3. The molecule has 2 amide bonds. The van der Waals surface area contributed by atoms with Crippen LogP contribution in [-0.2, 0) is 22.6 Å². The molecular weight excluding hydrogens is 535 g/mol. The first-order valence-corrected chi connectivity index (χ1v) is 13.3. The molecule has 3 aromatic carbocycles. The van der Waals surface area contributed by atoms with Crippen molar-refractivity contribution in [2.75, 3.05) is 13.2 Å². The van der Waals surface area contributed by atoms with Crippen molar-refractivity contribution in [1.82, 2.24) is 10.2 Å². The number of unbranched alkanes of at least 4 members (excludes halogenated alkanes) is 1. The number of carbonyl (C=O) groups excluding carboxylic acids is 2. The lowest BCUT2D eigenvalue weighted by Crippen LogP contribution is -2.51. The number of benzene rings is 3. The molecule has 7 heteroatoms. The van der Waals surface area contributed by atoms with Crippen LogP contribution >= 0.6 is 15.9 Å². The molecule has 37 heavy (non-hydrogen) atoms. The van der Waals surface area contributed by atoms with Crippen LogP contribution in [0.25, 0.3) is 0 Å². The smallest absolute Gasteiger partial charge is 0.261 e. The number of carbonyl (C=O) groups is 2. The SMILES string of the molecule is CCCCNC(=O)C(Cc1ccccc1)N(Cc1ccc(F)cc1)C(=O)COc1cc(C)c(Br)c(C)c1. The van der Waals surface area contributed by atoms with Crippen LogP contribution in [0, 0.1) is 19.7 Å². The molecule has 0 saturated heterocycles. The van der Waals surface area contributed by atoms with E-state index in [9.17, 15) is 14.0 Å². The van der Waals surface area contributed by atoms with E-state index in [0.717, 1.165) is 39.6 Å². The van der Waals surface area contributed by atoms with Crippen molar-refractivity contribution >= 4 is 27.7 Å². The maximum Gasteiger partial charge on any atom is 0.261 e. The molecule has 5 nitrogen and oxygen atoms in total. The summed E-state index contributed by atoms with van der Waals surface area (Å²) in [6.45, 7) is 6.44. The molecule has 1 unspecified atom stereocenters. The summed E-state index contributed by atoms with van der Waals surface area (Å²) in [5.74, 6) is -0.318. The Labute approximate surface area is 227 Å². The molecule has 0 radical (unpaired) electrons. The number of nitrogens with zero attached hydrogens (tertiary/aromatic N) is 1. The zero-order valence-electron chi connectivity index (χ0n) is 21.6. The lowest BCUT2D eigenvalue weighted by Gasteiger charge is -2.31. The van der Waals surface area contributed by atoms with E-state index in [1.165, 1.54) is 12.1 Å². The highest BCUT2D eigenvalue weighted by Gasteiger charge is 2.30. The van der Waals surface area contributed by atoms with Crippen LogP contribution in [0.4, 0.5) is 4.39 Å². The number of nitrogens with one attached hydrogen (secondary N) is 1. The molecular formula is C30H34BrFN2O3. The molecule has 3 aromatic rings. The third-order valence-electron chi connectivity index (χ3n) is 6.14. The summed E-state index contributed by atoms with van der Waals surface area (Å²) in [7, 11) is 0. The Morgan fingerprint density at radius 3 is 2.27 bits per heavy atom. The number of rotatable bonds is 12. The highest BCUT2D eigenvalue weighted by Crippen LogP contribution is 2.26. The van der Waals surface area contributed by atoms with Crippen molar-refractivity contribution in [3.05, 3.63) is 99.3 Å². The summed E-state index contributed by atoms with van der Waals surface area (Å²) < 4.78 is 20.5. The zero-order valence-corrected chi connectivity index (χ0v) is 23.2. The lowest BCUT2D eigenvalue weighted by molar-refractivity contribution is -0.142. The van der Waals surface area contributed by atoms with Gasteiger partial charge in [0.1, 0.15) is 17.6 Å². The number of hydrogen-bond donors (Lipinski definition) is 1. The van der Waals surface area contributed by atoms with Gasteiger partial charge in [-0.1, -0.05) is 71.7 Å². The van der Waals surface area contributed by atoms with E-state index in [0.29, 0.717) is 18.7 Å². The minimum absolute atomic E-state index is 0.152. The van der Waals surface area contributed by atoms with Gasteiger partial charge in [-0.15, -0.1) is 0 Å². The van der Waals surface area contributed by atoms with Gasteiger partial charge >= 0.3 is 0 Å². The highest BCUT2D eigenvalue weighted by molar-refractivity contribution is 9.10. The topological polar surface area (TPSA) is 58.6 Å². The fraction of sp³-hybridized carbons (Fsp3) is 0.333. The van der Waals surface area contributed by atoms with E-state index in [4.69, 9.17) is 4.74 Å². The maximum absolute atomic E-state index is 13.6. The largest absolute Gasteiger partial charge is 0.484 e. The first kappa shape index (κ1) is 28.4. The summed E-state index contributed by atoms with van der Waals surface area (Å²) >= 11 is 3.55. The fourth-order valence-electron chi connectivity index (χ4n) is 4.06. The minimum atomic E-state index is -0.756. The maximum atomic E-state index is 13.6. The Hall–Kier alpha value is -3.19. The molecule has 0 aliphatic heterocycles. The van der Waals surface area contributed by atoms with E-state index in [1.54, 1.807) is 17.0 Å². The van der Waals surface area contributed by atoms with Crippen molar-refractivity contribution in [3.8, 4) is 5.75 Å². The van der Waals surface area contributed by atoms with Crippen LogP contribution < -0.4 is 10.1 Å². The van der Waals surface area contributed by atoms with E-state index in [1.807, 2.05) is 56.3 Å². The molecule has 0 aromatic heterocycles. The van der Waals surface area contributed by atoms with Gasteiger partial charge in [0.2, 0.25) is 5.91 Å². The average Bonchev–Trinajstić information content (AvgIpc) is 2.89. The predicted molar refractivity (Wildman–Crippen MR) is 148 cm³/mol. The molecule has 196 valence electrons. The number of halogens is 2. The van der Waals surface area contributed by atoms with E-state index in [2.05, 4.69) is 28.2 Å².